The van der Waals surface area contributed by atoms with Crippen molar-refractivity contribution in [2.75, 3.05) is 25.0 Å². The monoisotopic (exact) mass is 633 g/mol. The maximum Gasteiger partial charge on any atom is 0.264 e. The molecule has 0 aromatic heterocycles. The lowest BCUT2D eigenvalue weighted by molar-refractivity contribution is -0.139. The SMILES string of the molecule is CNC(=O)[C@H](Cc1ccccc1)N(Cc1ccccc1C)C(=O)CN(c1ccc(OC)c(Cl)c1)S(=O)(=O)c1ccc(C)cc1. The molecule has 0 heterocycles. The third kappa shape index (κ3) is 7.59. The highest BCUT2D eigenvalue weighted by Gasteiger charge is 2.34. The molecule has 0 aliphatic carbocycles. The number of carbonyl (C=O) groups is 2. The summed E-state index contributed by atoms with van der Waals surface area (Å²) in [4.78, 5) is 29.3. The zero-order valence-electron chi connectivity index (χ0n) is 25.2. The summed E-state index contributed by atoms with van der Waals surface area (Å²) < 4.78 is 34.6. The lowest BCUT2D eigenvalue weighted by Crippen LogP contribution is -2.53. The van der Waals surface area contributed by atoms with Crippen LogP contribution >= 0.6 is 11.6 Å². The highest BCUT2D eigenvalue weighted by atomic mass is 35.5. The Hall–Kier alpha value is -4.34. The van der Waals surface area contributed by atoms with E-state index < -0.39 is 28.5 Å². The Balaban J connectivity index is 1.82. The minimum absolute atomic E-state index is 0.0143. The number of methoxy groups -OCH3 is 1. The van der Waals surface area contributed by atoms with Gasteiger partial charge in [-0.15, -0.1) is 0 Å². The van der Waals surface area contributed by atoms with Crippen molar-refractivity contribution in [2.24, 2.45) is 0 Å². The van der Waals surface area contributed by atoms with Gasteiger partial charge < -0.3 is 15.0 Å². The molecule has 4 aromatic rings. The first-order valence-electron chi connectivity index (χ1n) is 14.1. The third-order valence-corrected chi connectivity index (χ3v) is 9.51. The van der Waals surface area contributed by atoms with Crippen molar-refractivity contribution >= 4 is 39.1 Å². The van der Waals surface area contributed by atoms with Crippen molar-refractivity contribution in [1.82, 2.24) is 10.2 Å². The summed E-state index contributed by atoms with van der Waals surface area (Å²) >= 11 is 6.42. The average Bonchev–Trinajstić information content (AvgIpc) is 3.02. The summed E-state index contributed by atoms with van der Waals surface area (Å²) in [6.45, 7) is 3.30. The van der Waals surface area contributed by atoms with E-state index in [4.69, 9.17) is 16.3 Å². The predicted molar refractivity (Wildman–Crippen MR) is 173 cm³/mol. The summed E-state index contributed by atoms with van der Waals surface area (Å²) in [5.74, 6) is -0.560. The van der Waals surface area contributed by atoms with Crippen molar-refractivity contribution in [3.8, 4) is 5.75 Å². The molecule has 0 saturated heterocycles. The Bertz CT molecular complexity index is 1710. The van der Waals surface area contributed by atoms with Gasteiger partial charge in [-0.2, -0.15) is 0 Å². The lowest BCUT2D eigenvalue weighted by Gasteiger charge is -2.34. The molecule has 230 valence electrons. The average molecular weight is 634 g/mol. The minimum Gasteiger partial charge on any atom is -0.495 e. The molecule has 0 fully saturated rings. The van der Waals surface area contributed by atoms with Crippen molar-refractivity contribution in [1.29, 1.82) is 0 Å². The molecule has 0 unspecified atom stereocenters. The van der Waals surface area contributed by atoms with Crippen LogP contribution in [0.3, 0.4) is 0 Å². The van der Waals surface area contributed by atoms with Gasteiger partial charge in [-0.3, -0.25) is 13.9 Å². The maximum atomic E-state index is 14.4. The van der Waals surface area contributed by atoms with E-state index in [0.717, 1.165) is 26.6 Å². The van der Waals surface area contributed by atoms with Gasteiger partial charge in [-0.25, -0.2) is 8.42 Å². The number of nitrogens with one attached hydrogen (secondary N) is 1. The molecule has 1 N–H and O–H groups in total. The predicted octanol–water partition coefficient (Wildman–Crippen LogP) is 5.55. The number of ether oxygens (including phenoxy) is 1. The second-order valence-corrected chi connectivity index (χ2v) is 12.7. The van der Waals surface area contributed by atoms with Crippen LogP contribution in [0.4, 0.5) is 5.69 Å². The van der Waals surface area contributed by atoms with Crippen LogP contribution < -0.4 is 14.4 Å². The van der Waals surface area contributed by atoms with Crippen molar-refractivity contribution < 1.29 is 22.7 Å². The number of aryl methyl sites for hydroxylation is 2. The van der Waals surface area contributed by atoms with E-state index in [1.165, 1.54) is 43.3 Å². The molecule has 10 heteroatoms. The summed E-state index contributed by atoms with van der Waals surface area (Å²) in [7, 11) is -1.26. The quantitative estimate of drug-likeness (QED) is 0.221. The Kier molecular flexibility index (Phi) is 10.7. The van der Waals surface area contributed by atoms with Crippen LogP contribution in [0.1, 0.15) is 22.3 Å². The number of likely N-dealkylation sites (N-methyl/N-ethyl adjacent to an activating group) is 1. The molecule has 4 aromatic carbocycles. The van der Waals surface area contributed by atoms with Crippen LogP contribution in [0.15, 0.2) is 102 Å². The molecule has 44 heavy (non-hydrogen) atoms. The molecule has 0 saturated carbocycles. The first-order chi connectivity index (χ1) is 21.0. The van der Waals surface area contributed by atoms with Gasteiger partial charge in [0.25, 0.3) is 10.0 Å². The summed E-state index contributed by atoms with van der Waals surface area (Å²) in [6, 6.07) is 27.0. The van der Waals surface area contributed by atoms with Gasteiger partial charge in [0.05, 0.1) is 22.7 Å². The summed E-state index contributed by atoms with van der Waals surface area (Å²) in [5, 5.41) is 2.88. The van der Waals surface area contributed by atoms with Gasteiger partial charge in [-0.05, 0) is 60.9 Å². The summed E-state index contributed by atoms with van der Waals surface area (Å²) in [5.41, 5.74) is 3.70. The van der Waals surface area contributed by atoms with E-state index in [1.807, 2.05) is 68.4 Å². The highest BCUT2D eigenvalue weighted by molar-refractivity contribution is 7.92. The molecule has 8 nitrogen and oxygen atoms in total. The molecule has 0 aliphatic heterocycles. The Labute approximate surface area is 264 Å². The van der Waals surface area contributed by atoms with Crippen LogP contribution in [-0.4, -0.2) is 51.9 Å². The lowest BCUT2D eigenvalue weighted by atomic mass is 10.0. The normalized spacial score (nSPS) is 11.8. The van der Waals surface area contributed by atoms with Gasteiger partial charge in [-0.1, -0.05) is 83.9 Å². The van der Waals surface area contributed by atoms with Crippen LogP contribution in [0.5, 0.6) is 5.75 Å². The molecule has 1 atom stereocenters. The number of benzene rings is 4. The number of anilines is 1. The fraction of sp³-hybridized carbons (Fsp3) is 0.235. The Morgan fingerprint density at radius 3 is 2.18 bits per heavy atom. The van der Waals surface area contributed by atoms with E-state index in [-0.39, 0.29) is 34.5 Å². The zero-order valence-corrected chi connectivity index (χ0v) is 26.7. The molecule has 0 spiro atoms. The van der Waals surface area contributed by atoms with E-state index in [0.29, 0.717) is 5.75 Å². The maximum absolute atomic E-state index is 14.4. The van der Waals surface area contributed by atoms with E-state index in [1.54, 1.807) is 18.2 Å². The van der Waals surface area contributed by atoms with Gasteiger partial charge >= 0.3 is 0 Å². The van der Waals surface area contributed by atoms with Gasteiger partial charge in [0.1, 0.15) is 18.3 Å². The molecular formula is C34H36ClN3O5S. The van der Waals surface area contributed by atoms with E-state index in [9.17, 15) is 18.0 Å². The van der Waals surface area contributed by atoms with Gasteiger partial charge in [0, 0.05) is 20.0 Å². The van der Waals surface area contributed by atoms with Crippen molar-refractivity contribution in [3.63, 3.8) is 0 Å². The number of sulfonamides is 1. The first kappa shape index (κ1) is 32.6. The number of amides is 2. The minimum atomic E-state index is -4.24. The number of carbonyl (C=O) groups excluding carboxylic acids is 2. The third-order valence-electron chi connectivity index (χ3n) is 7.43. The fourth-order valence-corrected chi connectivity index (χ4v) is 6.53. The van der Waals surface area contributed by atoms with Gasteiger partial charge in [0.2, 0.25) is 11.8 Å². The second kappa shape index (κ2) is 14.4. The highest BCUT2D eigenvalue weighted by Crippen LogP contribution is 2.32. The molecular weight excluding hydrogens is 598 g/mol. The van der Waals surface area contributed by atoms with E-state index in [2.05, 4.69) is 5.32 Å². The summed E-state index contributed by atoms with van der Waals surface area (Å²) in [6.07, 6.45) is 0.233. The van der Waals surface area contributed by atoms with Crippen molar-refractivity contribution in [2.45, 2.75) is 37.8 Å². The van der Waals surface area contributed by atoms with Gasteiger partial charge in [0.15, 0.2) is 0 Å². The van der Waals surface area contributed by atoms with E-state index >= 15 is 0 Å². The Morgan fingerprint density at radius 1 is 0.909 bits per heavy atom. The van der Waals surface area contributed by atoms with Crippen LogP contribution in [-0.2, 0) is 32.6 Å². The first-order valence-corrected chi connectivity index (χ1v) is 15.9. The fourth-order valence-electron chi connectivity index (χ4n) is 4.87. The molecule has 0 radical (unpaired) electrons. The second-order valence-electron chi connectivity index (χ2n) is 10.4. The van der Waals surface area contributed by atoms with Crippen LogP contribution in [0, 0.1) is 13.8 Å². The molecule has 0 aliphatic rings. The number of halogens is 1. The Morgan fingerprint density at radius 2 is 1.57 bits per heavy atom. The smallest absolute Gasteiger partial charge is 0.264 e. The number of hydrogen-bond donors (Lipinski definition) is 1. The largest absolute Gasteiger partial charge is 0.495 e. The zero-order chi connectivity index (χ0) is 31.9. The number of hydrogen-bond acceptors (Lipinski definition) is 5. The standard InChI is InChI=1S/C34H36ClN3O5S/c1-24-14-17-29(18-15-24)44(41,42)38(28-16-19-32(43-4)30(35)21-28)23-33(39)37(22-27-13-9-8-10-25(27)2)31(34(40)36-3)20-26-11-6-5-7-12-26/h5-19,21,31H,20,22-23H2,1-4H3,(H,36,40)/t31-/m0/s1. The molecule has 0 bridgehead atoms. The van der Waals surface area contributed by atoms with Crippen LogP contribution in [0.2, 0.25) is 5.02 Å². The molecule has 2 amide bonds. The van der Waals surface area contributed by atoms with Crippen molar-refractivity contribution in [3.05, 3.63) is 124 Å². The topological polar surface area (TPSA) is 96.0 Å². The number of rotatable bonds is 12. The molecule has 4 rings (SSSR count). The number of nitrogens with zero attached hydrogens (tertiary/aromatic N) is 2. The van der Waals surface area contributed by atoms with Crippen LogP contribution in [0.25, 0.3) is 0 Å².